The van der Waals surface area contributed by atoms with E-state index in [0.29, 0.717) is 18.7 Å². The fourth-order valence-corrected chi connectivity index (χ4v) is 5.56. The van der Waals surface area contributed by atoms with Gasteiger partial charge < -0.3 is 0 Å². The summed E-state index contributed by atoms with van der Waals surface area (Å²) >= 11 is 0.990. The molecule has 1 fully saturated rings. The van der Waals surface area contributed by atoms with Gasteiger partial charge in [0, 0.05) is 13.1 Å². The maximum Gasteiger partial charge on any atom is 0.281 e. The molecule has 1 aromatic heterocycles. The molecule has 0 aliphatic carbocycles. The minimum Gasteiger partial charge on any atom is -0.273 e. The van der Waals surface area contributed by atoms with Crippen LogP contribution in [-0.2, 0) is 21.2 Å². The Morgan fingerprint density at radius 1 is 1.07 bits per heavy atom. The van der Waals surface area contributed by atoms with Crippen LogP contribution in [0.1, 0.15) is 28.1 Å². The van der Waals surface area contributed by atoms with Crippen molar-refractivity contribution in [2.45, 2.75) is 24.2 Å². The molecular formula is C17H18FN3O4S2. The molecule has 1 saturated heterocycles. The third-order valence-electron chi connectivity index (χ3n) is 4.11. The number of hydrogen-bond donors (Lipinski definition) is 2. The highest BCUT2D eigenvalue weighted by atomic mass is 32.2. The van der Waals surface area contributed by atoms with Crippen LogP contribution >= 0.6 is 11.3 Å². The molecule has 3 rings (SSSR count). The van der Waals surface area contributed by atoms with Crippen molar-refractivity contribution < 1.29 is 22.4 Å². The molecule has 0 bridgehead atoms. The molecule has 7 nitrogen and oxygen atoms in total. The van der Waals surface area contributed by atoms with Gasteiger partial charge in [0.15, 0.2) is 0 Å². The first-order valence-corrected chi connectivity index (χ1v) is 10.6. The number of nitrogens with zero attached hydrogens (tertiary/aromatic N) is 1. The van der Waals surface area contributed by atoms with Crippen LogP contribution in [0.25, 0.3) is 0 Å². The predicted molar refractivity (Wildman–Crippen MR) is 98.0 cm³/mol. The van der Waals surface area contributed by atoms with Crippen LogP contribution < -0.4 is 10.9 Å². The molecule has 10 heteroatoms. The molecule has 2 N–H and O–H groups in total. The monoisotopic (exact) mass is 411 g/mol. The van der Waals surface area contributed by atoms with Gasteiger partial charge in [-0.15, -0.1) is 11.3 Å². The van der Waals surface area contributed by atoms with E-state index in [0.717, 1.165) is 24.2 Å². The molecule has 1 aliphatic heterocycles. The summed E-state index contributed by atoms with van der Waals surface area (Å²) in [6, 6.07) is 6.81. The zero-order valence-electron chi connectivity index (χ0n) is 14.3. The Morgan fingerprint density at radius 3 is 2.41 bits per heavy atom. The van der Waals surface area contributed by atoms with E-state index in [1.54, 1.807) is 0 Å². The largest absolute Gasteiger partial charge is 0.281 e. The van der Waals surface area contributed by atoms with Gasteiger partial charge in [-0.1, -0.05) is 12.1 Å². The minimum absolute atomic E-state index is 0.0176. The molecule has 2 heterocycles. The van der Waals surface area contributed by atoms with Crippen molar-refractivity contribution in [3.63, 3.8) is 0 Å². The van der Waals surface area contributed by atoms with Gasteiger partial charge in [-0.2, -0.15) is 4.31 Å². The van der Waals surface area contributed by atoms with Gasteiger partial charge in [0.2, 0.25) is 15.9 Å². The molecule has 1 aromatic carbocycles. The summed E-state index contributed by atoms with van der Waals surface area (Å²) in [6.07, 6.45) is 1.54. The number of nitrogens with one attached hydrogen (secondary N) is 2. The normalized spacial score (nSPS) is 14.9. The average Bonchev–Trinajstić information content (AvgIpc) is 3.33. The van der Waals surface area contributed by atoms with Crippen molar-refractivity contribution in [1.29, 1.82) is 0 Å². The summed E-state index contributed by atoms with van der Waals surface area (Å²) < 4.78 is 39.6. The maximum atomic E-state index is 12.9. The highest BCUT2D eigenvalue weighted by molar-refractivity contribution is 7.89. The van der Waals surface area contributed by atoms with E-state index in [2.05, 4.69) is 10.9 Å². The smallest absolute Gasteiger partial charge is 0.273 e. The Balaban J connectivity index is 1.63. The van der Waals surface area contributed by atoms with E-state index in [-0.39, 0.29) is 16.2 Å². The Kier molecular flexibility index (Phi) is 5.88. The Hall–Kier alpha value is -2.30. The molecule has 0 spiro atoms. The minimum atomic E-state index is -3.73. The van der Waals surface area contributed by atoms with Gasteiger partial charge >= 0.3 is 0 Å². The van der Waals surface area contributed by atoms with Crippen molar-refractivity contribution in [3.8, 4) is 0 Å². The van der Waals surface area contributed by atoms with Gasteiger partial charge in [0.1, 0.15) is 15.6 Å². The van der Waals surface area contributed by atoms with Crippen LogP contribution in [-0.4, -0.2) is 37.6 Å². The molecule has 0 atom stereocenters. The fourth-order valence-electron chi connectivity index (χ4n) is 2.75. The molecule has 1 aliphatic rings. The molecule has 0 radical (unpaired) electrons. The van der Waals surface area contributed by atoms with Crippen molar-refractivity contribution in [2.75, 3.05) is 13.1 Å². The second-order valence-electron chi connectivity index (χ2n) is 6.03. The molecule has 2 aromatic rings. The second kappa shape index (κ2) is 8.15. The third-order valence-corrected chi connectivity index (χ3v) is 7.09. The number of thiophene rings is 1. The SMILES string of the molecule is O=C(Cc1ccc(F)cc1)NNC(=O)c1sccc1S(=O)(=O)N1CCCC1. The van der Waals surface area contributed by atoms with Crippen molar-refractivity contribution >= 4 is 33.2 Å². The summed E-state index contributed by atoms with van der Waals surface area (Å²) in [5, 5.41) is 1.53. The van der Waals surface area contributed by atoms with Gasteiger partial charge in [-0.25, -0.2) is 12.8 Å². The van der Waals surface area contributed by atoms with E-state index in [1.807, 2.05) is 0 Å². The molecule has 144 valence electrons. The first-order valence-electron chi connectivity index (χ1n) is 8.29. The lowest BCUT2D eigenvalue weighted by atomic mass is 10.1. The molecule has 0 saturated carbocycles. The van der Waals surface area contributed by atoms with Crippen LogP contribution in [0.3, 0.4) is 0 Å². The lowest BCUT2D eigenvalue weighted by molar-refractivity contribution is -0.121. The van der Waals surface area contributed by atoms with Gasteiger partial charge in [-0.3, -0.25) is 20.4 Å². The number of benzene rings is 1. The molecular weight excluding hydrogens is 393 g/mol. The van der Waals surface area contributed by atoms with E-state index in [4.69, 9.17) is 0 Å². The highest BCUT2D eigenvalue weighted by Crippen LogP contribution is 2.27. The molecule has 0 unspecified atom stereocenters. The summed E-state index contributed by atoms with van der Waals surface area (Å²) in [5.74, 6) is -1.61. The van der Waals surface area contributed by atoms with Gasteiger partial charge in [0.05, 0.1) is 6.42 Å². The topological polar surface area (TPSA) is 95.6 Å². The Morgan fingerprint density at radius 2 is 1.74 bits per heavy atom. The van der Waals surface area contributed by atoms with E-state index in [9.17, 15) is 22.4 Å². The summed E-state index contributed by atoms with van der Waals surface area (Å²) in [7, 11) is -3.73. The van der Waals surface area contributed by atoms with Crippen molar-refractivity contribution in [2.24, 2.45) is 0 Å². The van der Waals surface area contributed by atoms with Gasteiger partial charge in [0.25, 0.3) is 5.91 Å². The van der Waals surface area contributed by atoms with Crippen LogP contribution in [0.15, 0.2) is 40.6 Å². The quantitative estimate of drug-likeness (QED) is 0.732. The number of hydrogen-bond acceptors (Lipinski definition) is 5. The number of carbonyl (C=O) groups is 2. The van der Waals surface area contributed by atoms with Crippen LogP contribution in [0.2, 0.25) is 0 Å². The zero-order chi connectivity index (χ0) is 19.4. The van der Waals surface area contributed by atoms with Crippen LogP contribution in [0, 0.1) is 5.82 Å². The molecule has 27 heavy (non-hydrogen) atoms. The fraction of sp³-hybridized carbons (Fsp3) is 0.294. The first-order chi connectivity index (χ1) is 12.9. The zero-order valence-corrected chi connectivity index (χ0v) is 15.9. The number of sulfonamides is 1. The predicted octanol–water partition coefficient (Wildman–Crippen LogP) is 1.68. The number of rotatable bonds is 5. The van der Waals surface area contributed by atoms with E-state index < -0.39 is 27.7 Å². The molecule has 2 amide bonds. The standard InChI is InChI=1S/C17H18FN3O4S2/c18-13-5-3-12(4-6-13)11-15(22)19-20-17(23)16-14(7-10-26-16)27(24,25)21-8-1-2-9-21/h3-7,10H,1-2,8-9,11H2,(H,19,22)(H,20,23). The second-order valence-corrected chi connectivity index (χ2v) is 8.85. The number of halogens is 1. The Bertz CT molecular complexity index is 935. The summed E-state index contributed by atoms with van der Waals surface area (Å²) in [5.41, 5.74) is 5.06. The summed E-state index contributed by atoms with van der Waals surface area (Å²) in [4.78, 5) is 24.2. The number of carbonyl (C=O) groups excluding carboxylic acids is 2. The summed E-state index contributed by atoms with van der Waals surface area (Å²) in [6.45, 7) is 0.876. The van der Waals surface area contributed by atoms with E-state index in [1.165, 1.54) is 40.0 Å². The maximum absolute atomic E-state index is 12.9. The van der Waals surface area contributed by atoms with Crippen molar-refractivity contribution in [1.82, 2.24) is 15.2 Å². The van der Waals surface area contributed by atoms with Crippen LogP contribution in [0.4, 0.5) is 4.39 Å². The lowest BCUT2D eigenvalue weighted by Crippen LogP contribution is -2.42. The van der Waals surface area contributed by atoms with Gasteiger partial charge in [-0.05, 0) is 42.0 Å². The third kappa shape index (κ3) is 4.52. The lowest BCUT2D eigenvalue weighted by Gasteiger charge is -2.15. The number of hydrazine groups is 1. The number of amides is 2. The van der Waals surface area contributed by atoms with Crippen molar-refractivity contribution in [3.05, 3.63) is 52.0 Å². The highest BCUT2D eigenvalue weighted by Gasteiger charge is 2.31. The van der Waals surface area contributed by atoms with E-state index >= 15 is 0 Å². The average molecular weight is 411 g/mol. The Labute approximate surface area is 160 Å². The van der Waals surface area contributed by atoms with Crippen LogP contribution in [0.5, 0.6) is 0 Å². The first kappa shape index (κ1) is 19.5.